The molecule has 2 N–H and O–H groups in total. The van der Waals surface area contributed by atoms with Crippen LogP contribution in [0.4, 0.5) is 0 Å². The molecule has 0 atom stereocenters. The number of nitrogens with one attached hydrogen (secondary N) is 2. The molecule has 0 amide bonds. The number of aliphatic imine (C=N–C) groups is 1. The Balaban J connectivity index is 0.00000264. The monoisotopic (exact) mass is 450 g/mol. The van der Waals surface area contributed by atoms with E-state index in [2.05, 4.69) is 48.4 Å². The molecule has 0 unspecified atom stereocenters. The highest BCUT2D eigenvalue weighted by Gasteiger charge is 2.19. The first kappa shape index (κ1) is 20.7. The highest BCUT2D eigenvalue weighted by molar-refractivity contribution is 14.0. The third-order valence-electron chi connectivity index (χ3n) is 4.00. The van der Waals surface area contributed by atoms with Crippen LogP contribution in [0.1, 0.15) is 42.9 Å². The van der Waals surface area contributed by atoms with Gasteiger partial charge in [-0.3, -0.25) is 0 Å². The number of hydrogen-bond donors (Lipinski definition) is 2. The van der Waals surface area contributed by atoms with Crippen LogP contribution in [0.2, 0.25) is 0 Å². The smallest absolute Gasteiger partial charge is 0.191 e. The Morgan fingerprint density at radius 3 is 2.61 bits per heavy atom. The fraction of sp³-hybridized carbons (Fsp3) is 0.706. The summed E-state index contributed by atoms with van der Waals surface area (Å²) in [4.78, 5) is 9.98. The average molecular weight is 450 g/mol. The number of thiophene rings is 1. The maximum absolute atomic E-state index is 4.74. The molecule has 1 saturated heterocycles. The maximum atomic E-state index is 4.74. The van der Waals surface area contributed by atoms with E-state index >= 15 is 0 Å². The summed E-state index contributed by atoms with van der Waals surface area (Å²) in [7, 11) is 0. The Labute approximate surface area is 162 Å². The lowest BCUT2D eigenvalue weighted by atomic mass is 10.1. The van der Waals surface area contributed by atoms with E-state index < -0.39 is 0 Å². The van der Waals surface area contributed by atoms with E-state index in [0.29, 0.717) is 6.04 Å². The van der Waals surface area contributed by atoms with Gasteiger partial charge in [0.05, 0.1) is 6.54 Å². The molecule has 0 bridgehead atoms. The van der Waals surface area contributed by atoms with Gasteiger partial charge in [0.25, 0.3) is 0 Å². The van der Waals surface area contributed by atoms with Crippen molar-refractivity contribution in [3.8, 4) is 0 Å². The van der Waals surface area contributed by atoms with Crippen LogP contribution < -0.4 is 10.6 Å². The molecule has 1 aliphatic heterocycles. The Bertz CT molecular complexity index is 467. The minimum Gasteiger partial charge on any atom is -0.357 e. The quantitative estimate of drug-likeness (QED) is 0.395. The molecule has 1 aliphatic rings. The zero-order valence-corrected chi connectivity index (χ0v) is 17.7. The lowest BCUT2D eigenvalue weighted by Gasteiger charge is -2.32. The molecule has 4 nitrogen and oxygen atoms in total. The summed E-state index contributed by atoms with van der Waals surface area (Å²) < 4.78 is 0. The number of nitrogens with zero attached hydrogens (tertiary/aromatic N) is 2. The van der Waals surface area contributed by atoms with Crippen molar-refractivity contribution in [1.82, 2.24) is 15.5 Å². The fourth-order valence-electron chi connectivity index (χ4n) is 2.86. The molecule has 6 heteroatoms. The summed E-state index contributed by atoms with van der Waals surface area (Å²) in [6.45, 7) is 11.8. The topological polar surface area (TPSA) is 39.7 Å². The largest absolute Gasteiger partial charge is 0.357 e. The van der Waals surface area contributed by atoms with Crippen molar-refractivity contribution >= 4 is 41.3 Å². The van der Waals surface area contributed by atoms with Crippen molar-refractivity contribution < 1.29 is 0 Å². The van der Waals surface area contributed by atoms with Gasteiger partial charge in [0.2, 0.25) is 0 Å². The maximum Gasteiger partial charge on any atom is 0.191 e. The molecule has 0 saturated carbocycles. The van der Waals surface area contributed by atoms with E-state index in [-0.39, 0.29) is 24.0 Å². The third kappa shape index (κ3) is 7.39. The molecule has 0 aromatic carbocycles. The number of rotatable bonds is 6. The molecular formula is C17H31IN4S. The zero-order chi connectivity index (χ0) is 15.8. The second-order valence-electron chi connectivity index (χ2n) is 5.97. The molecule has 0 radical (unpaired) electrons. The molecule has 1 aromatic heterocycles. The van der Waals surface area contributed by atoms with Crippen LogP contribution in [-0.4, -0.2) is 43.1 Å². The summed E-state index contributed by atoms with van der Waals surface area (Å²) >= 11 is 1.83. The molecule has 1 aromatic rings. The van der Waals surface area contributed by atoms with Crippen LogP contribution in [0.3, 0.4) is 0 Å². The van der Waals surface area contributed by atoms with E-state index in [4.69, 9.17) is 4.99 Å². The number of guanidine groups is 1. The fourth-order valence-corrected chi connectivity index (χ4v) is 3.67. The Kier molecular flexibility index (Phi) is 10.1. The summed E-state index contributed by atoms with van der Waals surface area (Å²) in [6.07, 6.45) is 3.67. The summed E-state index contributed by atoms with van der Waals surface area (Å²) in [6, 6.07) is 4.89. The van der Waals surface area contributed by atoms with Crippen molar-refractivity contribution in [1.29, 1.82) is 0 Å². The van der Waals surface area contributed by atoms with Crippen molar-refractivity contribution in [2.75, 3.05) is 26.2 Å². The number of piperidine rings is 1. The molecule has 2 heterocycles. The Hall–Kier alpha value is -0.340. The standard InChI is InChI=1S/C17H30N4S.HI/c1-4-10-21-11-8-15(9-12-21)20-17(18-5-2)19-13-16-7-6-14(3)22-16;/h6-7,15H,4-5,8-13H2,1-3H3,(H2,18,19,20);1H. The second-order valence-corrected chi connectivity index (χ2v) is 7.34. The van der Waals surface area contributed by atoms with Gasteiger partial charge < -0.3 is 15.5 Å². The molecule has 0 aliphatic carbocycles. The average Bonchev–Trinajstić information content (AvgIpc) is 2.93. The van der Waals surface area contributed by atoms with Crippen LogP contribution in [0, 0.1) is 6.92 Å². The van der Waals surface area contributed by atoms with Crippen molar-refractivity contribution in [3.63, 3.8) is 0 Å². The lowest BCUT2D eigenvalue weighted by molar-refractivity contribution is 0.206. The zero-order valence-electron chi connectivity index (χ0n) is 14.6. The number of halogens is 1. The van der Waals surface area contributed by atoms with Gasteiger partial charge in [-0.1, -0.05) is 6.92 Å². The first-order chi connectivity index (χ1) is 10.7. The molecule has 132 valence electrons. The summed E-state index contributed by atoms with van der Waals surface area (Å²) in [5.74, 6) is 0.961. The van der Waals surface area contributed by atoms with E-state index in [1.54, 1.807) is 0 Å². The van der Waals surface area contributed by atoms with Crippen molar-refractivity contribution in [2.24, 2.45) is 4.99 Å². The van der Waals surface area contributed by atoms with E-state index in [1.807, 2.05) is 11.3 Å². The van der Waals surface area contributed by atoms with Gasteiger partial charge in [-0.25, -0.2) is 4.99 Å². The predicted molar refractivity (Wildman–Crippen MR) is 112 cm³/mol. The van der Waals surface area contributed by atoms with Crippen molar-refractivity contribution in [2.45, 2.75) is 52.6 Å². The third-order valence-corrected chi connectivity index (χ3v) is 4.99. The normalized spacial score (nSPS) is 16.9. The van der Waals surface area contributed by atoms with Gasteiger partial charge in [0.1, 0.15) is 0 Å². The van der Waals surface area contributed by atoms with E-state index in [0.717, 1.165) is 19.0 Å². The number of hydrogen-bond acceptors (Lipinski definition) is 3. The first-order valence-electron chi connectivity index (χ1n) is 8.53. The highest BCUT2D eigenvalue weighted by atomic mass is 127. The minimum atomic E-state index is 0. The van der Waals surface area contributed by atoms with Gasteiger partial charge in [-0.05, 0) is 51.8 Å². The van der Waals surface area contributed by atoms with Gasteiger partial charge in [-0.2, -0.15) is 0 Å². The van der Waals surface area contributed by atoms with E-state index in [9.17, 15) is 0 Å². The Morgan fingerprint density at radius 2 is 2.04 bits per heavy atom. The number of aryl methyl sites for hydroxylation is 1. The van der Waals surface area contributed by atoms with Crippen LogP contribution >= 0.6 is 35.3 Å². The molecule has 0 spiro atoms. The first-order valence-corrected chi connectivity index (χ1v) is 9.35. The molecule has 1 fully saturated rings. The molecular weight excluding hydrogens is 419 g/mol. The summed E-state index contributed by atoms with van der Waals surface area (Å²) in [5, 5.41) is 6.99. The predicted octanol–water partition coefficient (Wildman–Crippen LogP) is 3.60. The second kappa shape index (κ2) is 11.3. The van der Waals surface area contributed by atoms with Gasteiger partial charge in [-0.15, -0.1) is 35.3 Å². The number of likely N-dealkylation sites (tertiary alicyclic amines) is 1. The molecule has 2 rings (SSSR count). The van der Waals surface area contributed by atoms with Crippen LogP contribution in [0.5, 0.6) is 0 Å². The van der Waals surface area contributed by atoms with Crippen molar-refractivity contribution in [3.05, 3.63) is 21.9 Å². The molecule has 23 heavy (non-hydrogen) atoms. The van der Waals surface area contributed by atoms with Crippen LogP contribution in [0.15, 0.2) is 17.1 Å². The minimum absolute atomic E-state index is 0. The van der Waals surface area contributed by atoms with Gasteiger partial charge in [0, 0.05) is 35.4 Å². The Morgan fingerprint density at radius 1 is 1.30 bits per heavy atom. The highest BCUT2D eigenvalue weighted by Crippen LogP contribution is 2.16. The SMILES string of the molecule is CCCN1CCC(NC(=NCc2ccc(C)s2)NCC)CC1.I. The van der Waals surface area contributed by atoms with Gasteiger partial charge in [0.15, 0.2) is 5.96 Å². The van der Waals surface area contributed by atoms with Crippen LogP contribution in [0.25, 0.3) is 0 Å². The van der Waals surface area contributed by atoms with E-state index in [1.165, 1.54) is 48.7 Å². The lowest BCUT2D eigenvalue weighted by Crippen LogP contribution is -2.48. The van der Waals surface area contributed by atoms with Crippen LogP contribution in [-0.2, 0) is 6.54 Å². The summed E-state index contributed by atoms with van der Waals surface area (Å²) in [5.41, 5.74) is 0. The van der Waals surface area contributed by atoms with Gasteiger partial charge >= 0.3 is 0 Å².